The SMILES string of the molecule is COc1cccc(OCC(=O)Nc2ccc(Cl)cc2C(=O)[O-])c1. The molecular weight excluding hydrogens is 322 g/mol. The van der Waals surface area contributed by atoms with Crippen molar-refractivity contribution in [1.82, 2.24) is 0 Å². The highest BCUT2D eigenvalue weighted by Gasteiger charge is 2.09. The first-order valence-corrected chi connectivity index (χ1v) is 6.95. The van der Waals surface area contributed by atoms with Crippen molar-refractivity contribution in [3.63, 3.8) is 0 Å². The van der Waals surface area contributed by atoms with E-state index < -0.39 is 11.9 Å². The molecule has 0 aromatic heterocycles. The highest BCUT2D eigenvalue weighted by atomic mass is 35.5. The fourth-order valence-corrected chi connectivity index (χ4v) is 1.99. The number of nitrogens with one attached hydrogen (secondary N) is 1. The Morgan fingerprint density at radius 2 is 1.91 bits per heavy atom. The summed E-state index contributed by atoms with van der Waals surface area (Å²) in [6.45, 7) is -0.289. The predicted molar refractivity (Wildman–Crippen MR) is 82.9 cm³/mol. The number of anilines is 1. The summed E-state index contributed by atoms with van der Waals surface area (Å²) in [5, 5.41) is 13.7. The average Bonchev–Trinajstić information content (AvgIpc) is 2.54. The predicted octanol–water partition coefficient (Wildman–Crippen LogP) is 1.73. The number of rotatable bonds is 6. The number of amides is 1. The van der Waals surface area contributed by atoms with Crippen LogP contribution in [0.3, 0.4) is 0 Å². The van der Waals surface area contributed by atoms with Crippen molar-refractivity contribution < 1.29 is 24.2 Å². The lowest BCUT2D eigenvalue weighted by atomic mass is 10.2. The quantitative estimate of drug-likeness (QED) is 0.869. The fourth-order valence-electron chi connectivity index (χ4n) is 1.82. The lowest BCUT2D eigenvalue weighted by Gasteiger charge is -2.13. The third kappa shape index (κ3) is 4.62. The van der Waals surface area contributed by atoms with Gasteiger partial charge in [0.15, 0.2) is 6.61 Å². The minimum absolute atomic E-state index is 0.0913. The van der Waals surface area contributed by atoms with Crippen molar-refractivity contribution in [2.75, 3.05) is 19.0 Å². The minimum Gasteiger partial charge on any atom is -0.545 e. The number of ether oxygens (including phenoxy) is 2. The van der Waals surface area contributed by atoms with Gasteiger partial charge in [-0.15, -0.1) is 0 Å². The van der Waals surface area contributed by atoms with Crippen molar-refractivity contribution >= 4 is 29.2 Å². The van der Waals surface area contributed by atoms with Crippen LogP contribution in [0.1, 0.15) is 10.4 Å². The van der Waals surface area contributed by atoms with Crippen LogP contribution in [0.25, 0.3) is 0 Å². The van der Waals surface area contributed by atoms with Crippen LogP contribution < -0.4 is 19.9 Å². The number of hydrogen-bond acceptors (Lipinski definition) is 5. The number of carbonyl (C=O) groups is 2. The number of carbonyl (C=O) groups excluding carboxylic acids is 2. The standard InChI is InChI=1S/C16H14ClNO5/c1-22-11-3-2-4-12(8-11)23-9-15(19)18-14-6-5-10(17)7-13(14)16(20)21/h2-8H,9H2,1H3,(H,18,19)(H,20,21)/p-1. The lowest BCUT2D eigenvalue weighted by Crippen LogP contribution is -2.26. The molecule has 7 heteroatoms. The third-order valence-electron chi connectivity index (χ3n) is 2.89. The van der Waals surface area contributed by atoms with Crippen molar-refractivity contribution in [2.24, 2.45) is 0 Å². The first-order valence-electron chi connectivity index (χ1n) is 6.57. The summed E-state index contributed by atoms with van der Waals surface area (Å²) in [6.07, 6.45) is 0. The molecule has 0 bridgehead atoms. The lowest BCUT2D eigenvalue weighted by molar-refractivity contribution is -0.254. The third-order valence-corrected chi connectivity index (χ3v) is 3.12. The maximum atomic E-state index is 11.9. The first kappa shape index (κ1) is 16.6. The van der Waals surface area contributed by atoms with E-state index in [2.05, 4.69) is 5.32 Å². The number of carboxylic acids is 1. The Balaban J connectivity index is 2.01. The second-order valence-electron chi connectivity index (χ2n) is 4.49. The molecule has 0 aliphatic carbocycles. The van der Waals surface area contributed by atoms with Gasteiger partial charge in [0.05, 0.1) is 18.8 Å². The van der Waals surface area contributed by atoms with Crippen LogP contribution in [0.4, 0.5) is 5.69 Å². The molecule has 0 saturated heterocycles. The highest BCUT2D eigenvalue weighted by molar-refractivity contribution is 6.31. The van der Waals surface area contributed by atoms with E-state index in [4.69, 9.17) is 21.1 Å². The molecule has 1 amide bonds. The molecule has 1 N–H and O–H groups in total. The van der Waals surface area contributed by atoms with E-state index in [0.29, 0.717) is 11.5 Å². The Morgan fingerprint density at radius 1 is 1.17 bits per heavy atom. The normalized spacial score (nSPS) is 10.0. The van der Waals surface area contributed by atoms with E-state index in [1.165, 1.54) is 25.3 Å². The fraction of sp³-hybridized carbons (Fsp3) is 0.125. The molecule has 6 nitrogen and oxygen atoms in total. The zero-order valence-electron chi connectivity index (χ0n) is 12.2. The number of aromatic carboxylic acids is 1. The van der Waals surface area contributed by atoms with Crippen molar-refractivity contribution in [2.45, 2.75) is 0 Å². The van der Waals surface area contributed by atoms with Gasteiger partial charge < -0.3 is 24.7 Å². The molecule has 0 aliphatic heterocycles. The highest BCUT2D eigenvalue weighted by Crippen LogP contribution is 2.21. The number of methoxy groups -OCH3 is 1. The van der Waals surface area contributed by atoms with Crippen LogP contribution in [-0.4, -0.2) is 25.6 Å². The van der Waals surface area contributed by atoms with Gasteiger partial charge in [0.25, 0.3) is 5.91 Å². The summed E-state index contributed by atoms with van der Waals surface area (Å²) in [5.74, 6) is -0.898. The summed E-state index contributed by atoms with van der Waals surface area (Å²) in [6, 6.07) is 10.8. The van der Waals surface area contributed by atoms with Crippen molar-refractivity contribution in [1.29, 1.82) is 0 Å². The molecule has 0 atom stereocenters. The van der Waals surface area contributed by atoms with Gasteiger partial charge in [0, 0.05) is 16.7 Å². The second-order valence-corrected chi connectivity index (χ2v) is 4.93. The summed E-state index contributed by atoms with van der Waals surface area (Å²) in [7, 11) is 1.52. The molecule has 0 heterocycles. The topological polar surface area (TPSA) is 87.7 Å². The molecule has 0 spiro atoms. The monoisotopic (exact) mass is 334 g/mol. The van der Waals surface area contributed by atoms with Crippen LogP contribution in [0, 0.1) is 0 Å². The number of hydrogen-bond donors (Lipinski definition) is 1. The van der Waals surface area contributed by atoms with Crippen LogP contribution in [-0.2, 0) is 4.79 Å². The Morgan fingerprint density at radius 3 is 2.61 bits per heavy atom. The van der Waals surface area contributed by atoms with Crippen LogP contribution in [0.15, 0.2) is 42.5 Å². The summed E-state index contributed by atoms with van der Waals surface area (Å²) in [4.78, 5) is 22.9. The summed E-state index contributed by atoms with van der Waals surface area (Å²) >= 11 is 5.73. The molecule has 2 rings (SSSR count). The molecule has 2 aromatic rings. The molecule has 23 heavy (non-hydrogen) atoms. The zero-order valence-corrected chi connectivity index (χ0v) is 12.9. The smallest absolute Gasteiger partial charge is 0.262 e. The van der Waals surface area contributed by atoms with Gasteiger partial charge in [-0.25, -0.2) is 0 Å². The Labute approximate surface area is 137 Å². The van der Waals surface area contributed by atoms with E-state index in [0.717, 1.165) is 0 Å². The Kier molecular flexibility index (Phi) is 5.43. The van der Waals surface area contributed by atoms with Gasteiger partial charge in [-0.2, -0.15) is 0 Å². The summed E-state index contributed by atoms with van der Waals surface area (Å²) in [5.41, 5.74) is -0.110. The maximum absolute atomic E-state index is 11.9. The van der Waals surface area contributed by atoms with E-state index >= 15 is 0 Å². The number of halogens is 1. The van der Waals surface area contributed by atoms with Gasteiger partial charge in [-0.3, -0.25) is 4.79 Å². The van der Waals surface area contributed by atoms with Crippen LogP contribution in [0.2, 0.25) is 5.02 Å². The van der Waals surface area contributed by atoms with Gasteiger partial charge in [-0.1, -0.05) is 17.7 Å². The molecule has 0 radical (unpaired) electrons. The molecule has 0 unspecified atom stereocenters. The largest absolute Gasteiger partial charge is 0.545 e. The Bertz CT molecular complexity index is 732. The van der Waals surface area contributed by atoms with E-state index in [-0.39, 0.29) is 22.9 Å². The molecule has 0 saturated carbocycles. The molecule has 120 valence electrons. The second kappa shape index (κ2) is 7.51. The van der Waals surface area contributed by atoms with Gasteiger partial charge in [0.1, 0.15) is 11.5 Å². The zero-order chi connectivity index (χ0) is 16.8. The van der Waals surface area contributed by atoms with E-state index in [1.54, 1.807) is 24.3 Å². The first-order chi connectivity index (χ1) is 11.0. The average molecular weight is 335 g/mol. The van der Waals surface area contributed by atoms with Crippen LogP contribution in [0.5, 0.6) is 11.5 Å². The molecule has 0 fully saturated rings. The Hall–Kier alpha value is -2.73. The van der Waals surface area contributed by atoms with Crippen molar-refractivity contribution in [3.8, 4) is 11.5 Å². The minimum atomic E-state index is -1.43. The van der Waals surface area contributed by atoms with Gasteiger partial charge in [-0.05, 0) is 30.3 Å². The van der Waals surface area contributed by atoms with Gasteiger partial charge in [0.2, 0.25) is 0 Å². The maximum Gasteiger partial charge on any atom is 0.262 e. The molecular formula is C16H13ClNO5-. The van der Waals surface area contributed by atoms with E-state index in [1.807, 2.05) is 0 Å². The number of benzene rings is 2. The van der Waals surface area contributed by atoms with Crippen LogP contribution >= 0.6 is 11.6 Å². The van der Waals surface area contributed by atoms with E-state index in [9.17, 15) is 14.7 Å². The molecule has 2 aromatic carbocycles. The van der Waals surface area contributed by atoms with Crippen molar-refractivity contribution in [3.05, 3.63) is 53.1 Å². The van der Waals surface area contributed by atoms with Gasteiger partial charge >= 0.3 is 0 Å². The summed E-state index contributed by atoms with van der Waals surface area (Å²) < 4.78 is 10.4. The molecule has 0 aliphatic rings. The number of carboxylic acid groups (broad SMARTS) is 1.